The molecule has 3 heteroatoms. The second-order valence-corrected chi connectivity index (χ2v) is 15.6. The molecule has 0 fully saturated rings. The molecule has 0 aliphatic heterocycles. The first-order valence-corrected chi connectivity index (χ1v) is 20.2. The van der Waals surface area contributed by atoms with E-state index < -0.39 is 0 Å². The molecule has 3 heterocycles. The van der Waals surface area contributed by atoms with Crippen LogP contribution in [-0.2, 0) is 0 Å². The van der Waals surface area contributed by atoms with Gasteiger partial charge in [-0.3, -0.25) is 0 Å². The lowest BCUT2D eigenvalue weighted by Gasteiger charge is -2.18. The van der Waals surface area contributed by atoms with E-state index in [0.717, 1.165) is 18.5 Å². The predicted molar refractivity (Wildman–Crippen MR) is 241 cm³/mol. The molecular formula is C54H39N3. The predicted octanol–water partition coefficient (Wildman–Crippen LogP) is 14.6. The Hall–Kier alpha value is -7.10. The van der Waals surface area contributed by atoms with E-state index in [9.17, 15) is 0 Å². The zero-order valence-electron chi connectivity index (χ0n) is 31.6. The third kappa shape index (κ3) is 4.92. The third-order valence-corrected chi connectivity index (χ3v) is 12.4. The Labute approximate surface area is 331 Å². The van der Waals surface area contributed by atoms with Crippen LogP contribution < -0.4 is 0 Å². The number of hydrogen-bond donors (Lipinski definition) is 0. The van der Waals surface area contributed by atoms with Gasteiger partial charge in [0.2, 0.25) is 0 Å². The molecule has 0 unspecified atom stereocenters. The smallest absolute Gasteiger partial charge is 0.0782 e. The minimum absolute atomic E-state index is 1.12. The Morgan fingerprint density at radius 2 is 0.895 bits per heavy atom. The molecule has 57 heavy (non-hydrogen) atoms. The van der Waals surface area contributed by atoms with E-state index in [1.54, 1.807) is 0 Å². The summed E-state index contributed by atoms with van der Waals surface area (Å²) in [7, 11) is 0. The van der Waals surface area contributed by atoms with Gasteiger partial charge in [-0.05, 0) is 109 Å². The molecule has 3 nitrogen and oxygen atoms in total. The summed E-state index contributed by atoms with van der Waals surface area (Å²) >= 11 is 0. The van der Waals surface area contributed by atoms with Gasteiger partial charge in [0, 0.05) is 43.7 Å². The van der Waals surface area contributed by atoms with Crippen molar-refractivity contribution in [2.24, 2.45) is 0 Å². The zero-order chi connectivity index (χ0) is 37.5. The van der Waals surface area contributed by atoms with Gasteiger partial charge in [0.05, 0.1) is 38.8 Å². The fourth-order valence-electron chi connectivity index (χ4n) is 9.83. The van der Waals surface area contributed by atoms with Crippen molar-refractivity contribution in [2.45, 2.75) is 25.7 Å². The average Bonchev–Trinajstić information content (AvgIpc) is 3.92. The quantitative estimate of drug-likeness (QED) is 0.168. The SMILES string of the molecule is C1=C(c2cc(-c3ccccc3)cc(-n3c4ccccc4c4ccc(-n5c6ccccc6c6cccc(-n7c8ccccc8c8ccccc87)c65)cc43)c2)CCCC1. The van der Waals surface area contributed by atoms with Gasteiger partial charge in [0.1, 0.15) is 0 Å². The lowest BCUT2D eigenvalue weighted by atomic mass is 9.91. The molecule has 8 aromatic carbocycles. The first-order chi connectivity index (χ1) is 28.3. The maximum atomic E-state index is 2.51. The van der Waals surface area contributed by atoms with E-state index in [-0.39, 0.29) is 0 Å². The van der Waals surface area contributed by atoms with Crippen LogP contribution in [-0.4, -0.2) is 13.7 Å². The number of allylic oxidation sites excluding steroid dienone is 2. The molecule has 0 radical (unpaired) electrons. The van der Waals surface area contributed by atoms with Crippen LogP contribution in [0.5, 0.6) is 0 Å². The van der Waals surface area contributed by atoms with Crippen LogP contribution in [0, 0.1) is 0 Å². The van der Waals surface area contributed by atoms with Gasteiger partial charge in [-0.15, -0.1) is 0 Å². The summed E-state index contributed by atoms with van der Waals surface area (Å²) in [5, 5.41) is 7.53. The second-order valence-electron chi connectivity index (χ2n) is 15.6. The van der Waals surface area contributed by atoms with Crippen LogP contribution in [0.3, 0.4) is 0 Å². The monoisotopic (exact) mass is 729 g/mol. The van der Waals surface area contributed by atoms with Crippen LogP contribution in [0.25, 0.3) is 99.2 Å². The van der Waals surface area contributed by atoms with E-state index in [0.29, 0.717) is 0 Å². The van der Waals surface area contributed by atoms with Crippen molar-refractivity contribution in [3.8, 4) is 28.2 Å². The lowest BCUT2D eigenvalue weighted by molar-refractivity contribution is 0.742. The molecule has 0 bridgehead atoms. The number of aromatic nitrogens is 3. The minimum atomic E-state index is 1.12. The van der Waals surface area contributed by atoms with E-state index in [2.05, 4.69) is 202 Å². The number of fused-ring (bicyclic) bond motifs is 9. The fraction of sp³-hybridized carbons (Fsp3) is 0.0741. The number of hydrogen-bond acceptors (Lipinski definition) is 0. The van der Waals surface area contributed by atoms with E-state index >= 15 is 0 Å². The summed E-state index contributed by atoms with van der Waals surface area (Å²) in [6.07, 6.45) is 7.25. The van der Waals surface area contributed by atoms with Crippen molar-refractivity contribution in [3.63, 3.8) is 0 Å². The summed E-state index contributed by atoms with van der Waals surface area (Å²) < 4.78 is 7.48. The molecule has 0 N–H and O–H groups in total. The van der Waals surface area contributed by atoms with Crippen molar-refractivity contribution >= 4 is 71.0 Å². The third-order valence-electron chi connectivity index (χ3n) is 12.4. The Morgan fingerprint density at radius 3 is 1.56 bits per heavy atom. The molecule has 270 valence electrons. The van der Waals surface area contributed by atoms with Crippen molar-refractivity contribution in [2.75, 3.05) is 0 Å². The Bertz CT molecular complexity index is 3350. The molecule has 0 atom stereocenters. The summed E-state index contributed by atoms with van der Waals surface area (Å²) in [4.78, 5) is 0. The molecule has 0 saturated carbocycles. The highest BCUT2D eigenvalue weighted by Gasteiger charge is 2.22. The van der Waals surface area contributed by atoms with Crippen molar-refractivity contribution in [3.05, 3.63) is 194 Å². The normalized spacial score (nSPS) is 13.4. The van der Waals surface area contributed by atoms with Gasteiger partial charge < -0.3 is 13.7 Å². The van der Waals surface area contributed by atoms with Gasteiger partial charge in [-0.1, -0.05) is 127 Å². The van der Waals surface area contributed by atoms with E-state index in [4.69, 9.17) is 0 Å². The van der Waals surface area contributed by atoms with Crippen LogP contribution >= 0.6 is 0 Å². The lowest BCUT2D eigenvalue weighted by Crippen LogP contribution is -2.01. The minimum Gasteiger partial charge on any atom is -0.309 e. The zero-order valence-corrected chi connectivity index (χ0v) is 31.6. The van der Waals surface area contributed by atoms with Crippen LogP contribution in [0.2, 0.25) is 0 Å². The standard InChI is InChI=1S/C54H39N3/c1-3-16-36(17-4-1)38-32-39(37-18-5-2-6-19-37)34-41(33-38)55-48-25-11-7-22-44(48)46-31-30-40(35-53(46)55)56-49-26-12-10-23-45(49)47-24-15-29-52(54(47)56)57-50-27-13-8-20-42(50)43-21-9-14-28-51(43)57/h1,3-4,7-18,20-35H,2,5-6,19H2. The topological polar surface area (TPSA) is 14.8 Å². The van der Waals surface area contributed by atoms with Crippen LogP contribution in [0.4, 0.5) is 0 Å². The van der Waals surface area contributed by atoms with E-state index in [1.807, 2.05) is 0 Å². The van der Waals surface area contributed by atoms with Gasteiger partial charge in [-0.25, -0.2) is 0 Å². The molecule has 1 aliphatic carbocycles. The summed E-state index contributed by atoms with van der Waals surface area (Å²) in [5.41, 5.74) is 16.0. The molecule has 12 rings (SSSR count). The molecule has 0 spiro atoms. The van der Waals surface area contributed by atoms with Crippen molar-refractivity contribution in [1.82, 2.24) is 13.7 Å². The van der Waals surface area contributed by atoms with Gasteiger partial charge in [0.15, 0.2) is 0 Å². The highest BCUT2D eigenvalue weighted by atomic mass is 15.1. The maximum absolute atomic E-state index is 2.51. The maximum Gasteiger partial charge on any atom is 0.0782 e. The number of nitrogens with zero attached hydrogens (tertiary/aromatic N) is 3. The first-order valence-electron chi connectivity index (χ1n) is 20.2. The fourth-order valence-corrected chi connectivity index (χ4v) is 9.83. The summed E-state index contributed by atoms with van der Waals surface area (Å²) in [5.74, 6) is 0. The molecule has 0 saturated heterocycles. The highest BCUT2D eigenvalue weighted by Crippen LogP contribution is 2.42. The number of benzene rings is 8. The second kappa shape index (κ2) is 12.7. The van der Waals surface area contributed by atoms with Crippen molar-refractivity contribution < 1.29 is 0 Å². The highest BCUT2D eigenvalue weighted by molar-refractivity contribution is 6.16. The number of rotatable bonds is 5. The molecule has 11 aromatic rings. The Balaban J connectivity index is 1.16. The van der Waals surface area contributed by atoms with Crippen molar-refractivity contribution in [1.29, 1.82) is 0 Å². The Morgan fingerprint density at radius 1 is 0.333 bits per heavy atom. The van der Waals surface area contributed by atoms with Gasteiger partial charge in [-0.2, -0.15) is 0 Å². The summed E-state index contributed by atoms with van der Waals surface area (Å²) in [6.45, 7) is 0. The molecule has 0 amide bonds. The summed E-state index contributed by atoms with van der Waals surface area (Å²) in [6, 6.07) is 67.4. The molecule has 3 aromatic heterocycles. The van der Waals surface area contributed by atoms with Crippen LogP contribution in [0.1, 0.15) is 31.2 Å². The van der Waals surface area contributed by atoms with Crippen LogP contribution in [0.15, 0.2) is 188 Å². The van der Waals surface area contributed by atoms with Gasteiger partial charge >= 0.3 is 0 Å². The van der Waals surface area contributed by atoms with E-state index in [1.165, 1.54) is 112 Å². The number of para-hydroxylation sites is 5. The molecular weight excluding hydrogens is 691 g/mol. The average molecular weight is 730 g/mol. The Kier molecular flexibility index (Phi) is 7.18. The largest absolute Gasteiger partial charge is 0.309 e. The first kappa shape index (κ1) is 32.2. The van der Waals surface area contributed by atoms with Gasteiger partial charge in [0.25, 0.3) is 0 Å². The molecule has 1 aliphatic rings.